The van der Waals surface area contributed by atoms with Crippen molar-refractivity contribution >= 4 is 44.1 Å². The Morgan fingerprint density at radius 3 is 2.12 bits per heavy atom. The van der Waals surface area contributed by atoms with Crippen LogP contribution in [-0.2, 0) is 28.7 Å². The first-order valence-corrected chi connectivity index (χ1v) is 11.9. The molecule has 10 heteroatoms. The van der Waals surface area contributed by atoms with Crippen molar-refractivity contribution in [1.29, 1.82) is 0 Å². The average Bonchev–Trinajstić information content (AvgIpc) is 3.00. The van der Waals surface area contributed by atoms with Crippen molar-refractivity contribution in [3.63, 3.8) is 0 Å². The monoisotopic (exact) mass is 485 g/mol. The first kappa shape index (κ1) is 22.6. The molecule has 0 atom stereocenters. The van der Waals surface area contributed by atoms with E-state index in [4.69, 9.17) is 16.3 Å². The molecule has 0 bridgehead atoms. The van der Waals surface area contributed by atoms with Crippen molar-refractivity contribution in [1.82, 2.24) is 9.13 Å². The van der Waals surface area contributed by atoms with Crippen molar-refractivity contribution < 1.29 is 17.9 Å². The van der Waals surface area contributed by atoms with Gasteiger partial charge in [0.15, 0.2) is 9.84 Å². The summed E-state index contributed by atoms with van der Waals surface area (Å²) in [6, 6.07) is 17.8. The lowest BCUT2D eigenvalue weighted by atomic mass is 10.3. The number of aromatic nitrogens is 2. The number of hydrogen-bond acceptors (Lipinski definition) is 5. The van der Waals surface area contributed by atoms with Gasteiger partial charge in [0.05, 0.1) is 15.9 Å². The fraction of sp³-hybridized carbons (Fsp3) is 0.130. The number of rotatable bonds is 6. The van der Waals surface area contributed by atoms with Crippen LogP contribution >= 0.6 is 11.6 Å². The minimum atomic E-state index is -3.92. The van der Waals surface area contributed by atoms with Crippen LogP contribution < -0.4 is 15.7 Å². The molecule has 4 aromatic rings. The number of nitrogens with zero attached hydrogens (tertiary/aromatic N) is 2. The molecule has 1 N–H and O–H groups in total. The molecule has 0 radical (unpaired) electrons. The van der Waals surface area contributed by atoms with E-state index >= 15 is 0 Å². The van der Waals surface area contributed by atoms with Gasteiger partial charge >= 0.3 is 5.69 Å². The normalized spacial score (nSPS) is 11.5. The molecule has 8 nitrogen and oxygen atoms in total. The molecule has 0 saturated carbocycles. The lowest BCUT2D eigenvalue weighted by molar-refractivity contribution is -0.113. The third-order valence-electron chi connectivity index (χ3n) is 5.11. The van der Waals surface area contributed by atoms with Crippen molar-refractivity contribution in [2.75, 3.05) is 11.1 Å². The molecule has 0 unspecified atom stereocenters. The van der Waals surface area contributed by atoms with Gasteiger partial charge in [0.2, 0.25) is 5.91 Å². The maximum Gasteiger partial charge on any atom is 0.328 e. The summed E-state index contributed by atoms with van der Waals surface area (Å²) in [5, 5.41) is 3.18. The Balaban J connectivity index is 1.44. The second kappa shape index (κ2) is 8.76. The Morgan fingerprint density at radius 1 is 0.909 bits per heavy atom. The molecule has 0 spiro atoms. The number of imidazole rings is 1. The second-order valence-electron chi connectivity index (χ2n) is 7.44. The molecule has 33 heavy (non-hydrogen) atoms. The van der Waals surface area contributed by atoms with Crippen LogP contribution in [0.1, 0.15) is 0 Å². The first-order valence-electron chi connectivity index (χ1n) is 9.85. The molecule has 0 aliphatic heterocycles. The van der Waals surface area contributed by atoms with Crippen LogP contribution in [0.25, 0.3) is 11.0 Å². The van der Waals surface area contributed by atoms with Crippen molar-refractivity contribution in [3.8, 4) is 11.5 Å². The zero-order chi connectivity index (χ0) is 23.8. The van der Waals surface area contributed by atoms with Crippen molar-refractivity contribution in [2.45, 2.75) is 4.90 Å². The highest BCUT2D eigenvalue weighted by Crippen LogP contribution is 2.25. The maximum absolute atomic E-state index is 12.8. The smallest absolute Gasteiger partial charge is 0.328 e. The van der Waals surface area contributed by atoms with Gasteiger partial charge < -0.3 is 10.1 Å². The lowest BCUT2D eigenvalue weighted by Crippen LogP contribution is -2.23. The lowest BCUT2D eigenvalue weighted by Gasteiger charge is -2.09. The number of benzene rings is 3. The van der Waals surface area contributed by atoms with E-state index in [1.807, 2.05) is 0 Å². The third-order valence-corrected chi connectivity index (χ3v) is 6.98. The summed E-state index contributed by atoms with van der Waals surface area (Å²) in [6.07, 6.45) is 0. The molecular weight excluding hydrogens is 466 g/mol. The van der Waals surface area contributed by atoms with Gasteiger partial charge in [-0.05, 0) is 66.7 Å². The molecule has 1 amide bonds. The number of anilines is 1. The third kappa shape index (κ3) is 4.79. The summed E-state index contributed by atoms with van der Waals surface area (Å²) in [6.45, 7) is 0. The standard InChI is InChI=1S/C23H20ClN3O5S/c1-26-20-12-11-19(13-21(20)27(2)23(26)29)33(30,31)14-22(28)25-16-5-9-18(10-6-16)32-17-7-3-15(24)4-8-17/h3-13H,14H2,1-2H3,(H,25,28). The Morgan fingerprint density at radius 2 is 1.48 bits per heavy atom. The number of fused-ring (bicyclic) bond motifs is 1. The van der Waals surface area contributed by atoms with Gasteiger partial charge in [-0.3, -0.25) is 13.9 Å². The summed E-state index contributed by atoms with van der Waals surface area (Å²) in [5.74, 6) is -0.259. The molecule has 170 valence electrons. The van der Waals surface area contributed by atoms with E-state index in [-0.39, 0.29) is 10.6 Å². The Hall–Kier alpha value is -3.56. The Bertz CT molecular complexity index is 1500. The molecule has 1 aromatic heterocycles. The number of carbonyl (C=O) groups is 1. The SMILES string of the molecule is Cn1c(=O)n(C)c2cc(S(=O)(=O)CC(=O)Nc3ccc(Oc4ccc(Cl)cc4)cc3)ccc21. The fourth-order valence-corrected chi connectivity index (χ4v) is 4.65. The van der Waals surface area contributed by atoms with E-state index in [2.05, 4.69) is 5.32 Å². The summed E-state index contributed by atoms with van der Waals surface area (Å²) < 4.78 is 34.0. The maximum atomic E-state index is 12.8. The topological polar surface area (TPSA) is 99.4 Å². The number of nitrogens with one attached hydrogen (secondary N) is 1. The largest absolute Gasteiger partial charge is 0.457 e. The molecule has 3 aromatic carbocycles. The summed E-state index contributed by atoms with van der Waals surface area (Å²) >= 11 is 5.86. The van der Waals surface area contributed by atoms with Gasteiger partial charge in [0, 0.05) is 24.8 Å². The molecule has 0 aliphatic rings. The van der Waals surface area contributed by atoms with Crippen LogP contribution in [0.5, 0.6) is 11.5 Å². The Kier molecular flexibility index (Phi) is 6.01. The zero-order valence-corrected chi connectivity index (χ0v) is 19.4. The minimum absolute atomic E-state index is 0.0296. The van der Waals surface area contributed by atoms with Crippen molar-refractivity contribution in [3.05, 3.63) is 82.2 Å². The average molecular weight is 486 g/mol. The second-order valence-corrected chi connectivity index (χ2v) is 9.86. The highest BCUT2D eigenvalue weighted by molar-refractivity contribution is 7.92. The molecule has 0 saturated heterocycles. The molecule has 0 aliphatic carbocycles. The van der Waals surface area contributed by atoms with Gasteiger partial charge in [-0.15, -0.1) is 0 Å². The summed E-state index contributed by atoms with van der Waals surface area (Å²) in [5.41, 5.74) is 1.24. The fourth-order valence-electron chi connectivity index (χ4n) is 3.38. The van der Waals surface area contributed by atoms with E-state index in [9.17, 15) is 18.0 Å². The molecular formula is C23H20ClN3O5S. The predicted molar refractivity (Wildman–Crippen MR) is 127 cm³/mol. The quantitative estimate of drug-likeness (QED) is 0.448. The van der Waals surface area contributed by atoms with Crippen LogP contribution in [0.15, 0.2) is 76.4 Å². The van der Waals surface area contributed by atoms with E-state index in [0.717, 1.165) is 0 Å². The zero-order valence-electron chi connectivity index (χ0n) is 17.8. The number of amides is 1. The number of halogens is 1. The van der Waals surface area contributed by atoms with Crippen molar-refractivity contribution in [2.24, 2.45) is 14.1 Å². The van der Waals surface area contributed by atoms with Gasteiger partial charge in [-0.1, -0.05) is 11.6 Å². The summed E-state index contributed by atoms with van der Waals surface area (Å²) in [4.78, 5) is 24.4. The van der Waals surface area contributed by atoms with E-state index in [1.54, 1.807) is 68.7 Å². The molecule has 0 fully saturated rings. The first-order chi connectivity index (χ1) is 15.6. The van der Waals surface area contributed by atoms with Crippen LogP contribution in [-0.4, -0.2) is 29.2 Å². The highest BCUT2D eigenvalue weighted by atomic mass is 35.5. The van der Waals surface area contributed by atoms with Gasteiger partial charge in [-0.25, -0.2) is 13.2 Å². The number of ether oxygens (including phenoxy) is 1. The van der Waals surface area contributed by atoms with Crippen LogP contribution in [0.2, 0.25) is 5.02 Å². The number of carbonyl (C=O) groups excluding carboxylic acids is 1. The van der Waals surface area contributed by atoms with Gasteiger partial charge in [0.1, 0.15) is 17.3 Å². The van der Waals surface area contributed by atoms with Crippen LogP contribution in [0.4, 0.5) is 5.69 Å². The van der Waals surface area contributed by atoms with Crippen LogP contribution in [0, 0.1) is 0 Å². The number of hydrogen-bond donors (Lipinski definition) is 1. The van der Waals surface area contributed by atoms with E-state index < -0.39 is 21.5 Å². The van der Waals surface area contributed by atoms with E-state index in [0.29, 0.717) is 33.2 Å². The highest BCUT2D eigenvalue weighted by Gasteiger charge is 2.21. The Labute approximate surface area is 194 Å². The molecule has 4 rings (SSSR count). The van der Waals surface area contributed by atoms with Gasteiger partial charge in [-0.2, -0.15) is 0 Å². The number of aryl methyl sites for hydroxylation is 2. The van der Waals surface area contributed by atoms with Crippen LogP contribution in [0.3, 0.4) is 0 Å². The predicted octanol–water partition coefficient (Wildman–Crippen LogP) is 3.74. The summed E-state index contributed by atoms with van der Waals surface area (Å²) in [7, 11) is -0.743. The minimum Gasteiger partial charge on any atom is -0.457 e. The van der Waals surface area contributed by atoms with E-state index in [1.165, 1.54) is 21.3 Å². The van der Waals surface area contributed by atoms with Gasteiger partial charge in [0.25, 0.3) is 0 Å². The number of sulfone groups is 1. The molecule has 1 heterocycles.